The molecule has 2 N–H and O–H groups in total. The summed E-state index contributed by atoms with van der Waals surface area (Å²) in [4.78, 5) is 24.3. The van der Waals surface area contributed by atoms with Crippen LogP contribution >= 0.6 is 0 Å². The van der Waals surface area contributed by atoms with Gasteiger partial charge in [0.1, 0.15) is 0 Å². The monoisotopic (exact) mass is 280 g/mol. The second kappa shape index (κ2) is 8.16. The number of para-hydroxylation sites is 1. The highest BCUT2D eigenvalue weighted by Gasteiger charge is 2.17. The Bertz CT molecular complexity index is 462. The van der Waals surface area contributed by atoms with Gasteiger partial charge in [0, 0.05) is 26.8 Å². The zero-order chi connectivity index (χ0) is 15.0. The summed E-state index contributed by atoms with van der Waals surface area (Å²) < 4.78 is 5.17. The van der Waals surface area contributed by atoms with E-state index in [4.69, 9.17) is 9.84 Å². The predicted octanol–water partition coefficient (Wildman–Crippen LogP) is 1.96. The number of amides is 2. The highest BCUT2D eigenvalue weighted by Crippen LogP contribution is 2.18. The molecular weight excluding hydrogens is 260 g/mol. The molecule has 1 aromatic carbocycles. The van der Waals surface area contributed by atoms with Crippen LogP contribution < -0.4 is 10.2 Å². The quantitative estimate of drug-likeness (QED) is 0.748. The Morgan fingerprint density at radius 1 is 1.35 bits per heavy atom. The van der Waals surface area contributed by atoms with Gasteiger partial charge in [-0.3, -0.25) is 4.90 Å². The highest BCUT2D eigenvalue weighted by atomic mass is 16.5. The van der Waals surface area contributed by atoms with Crippen LogP contribution in [0.15, 0.2) is 24.3 Å². The van der Waals surface area contributed by atoms with Gasteiger partial charge in [0.25, 0.3) is 0 Å². The van der Waals surface area contributed by atoms with Crippen molar-refractivity contribution in [2.45, 2.75) is 13.3 Å². The standard InChI is InChI=1S/C14H20N2O4/c1-3-20-10-6-9-15-14(19)16(2)12-8-5-4-7-11(12)13(17)18/h4-5,7-8H,3,6,9-10H2,1-2H3,(H,15,19)(H,17,18). The van der Waals surface area contributed by atoms with Gasteiger partial charge in [-0.1, -0.05) is 12.1 Å². The Kier molecular flexibility index (Phi) is 6.52. The summed E-state index contributed by atoms with van der Waals surface area (Å²) >= 11 is 0. The average molecular weight is 280 g/mol. The number of carboxylic acids is 1. The zero-order valence-corrected chi connectivity index (χ0v) is 11.8. The Morgan fingerprint density at radius 3 is 2.70 bits per heavy atom. The van der Waals surface area contributed by atoms with Crippen molar-refractivity contribution in [3.63, 3.8) is 0 Å². The van der Waals surface area contributed by atoms with E-state index < -0.39 is 5.97 Å². The molecule has 0 aromatic heterocycles. The Labute approximate surface area is 118 Å². The SMILES string of the molecule is CCOCCCNC(=O)N(C)c1ccccc1C(=O)O. The smallest absolute Gasteiger partial charge is 0.337 e. The van der Waals surface area contributed by atoms with E-state index in [1.165, 1.54) is 11.0 Å². The number of carboxylic acid groups (broad SMARTS) is 1. The van der Waals surface area contributed by atoms with E-state index in [2.05, 4.69) is 5.32 Å². The second-order valence-corrected chi connectivity index (χ2v) is 4.16. The lowest BCUT2D eigenvalue weighted by atomic mass is 10.1. The van der Waals surface area contributed by atoms with Gasteiger partial charge in [-0.15, -0.1) is 0 Å². The summed E-state index contributed by atoms with van der Waals surface area (Å²) in [6, 6.07) is 6.05. The number of ether oxygens (including phenoxy) is 1. The summed E-state index contributed by atoms with van der Waals surface area (Å²) in [6.45, 7) is 3.64. The molecule has 0 unspecified atom stereocenters. The van der Waals surface area contributed by atoms with Crippen molar-refractivity contribution >= 4 is 17.7 Å². The maximum absolute atomic E-state index is 11.9. The van der Waals surface area contributed by atoms with Crippen molar-refractivity contribution < 1.29 is 19.4 Å². The number of hydrogen-bond donors (Lipinski definition) is 2. The van der Waals surface area contributed by atoms with E-state index >= 15 is 0 Å². The minimum atomic E-state index is -1.06. The highest BCUT2D eigenvalue weighted by molar-refractivity contribution is 6.01. The van der Waals surface area contributed by atoms with Crippen molar-refractivity contribution in [3.05, 3.63) is 29.8 Å². The van der Waals surface area contributed by atoms with Crippen molar-refractivity contribution in [1.29, 1.82) is 0 Å². The molecule has 0 saturated carbocycles. The van der Waals surface area contributed by atoms with Crippen molar-refractivity contribution in [2.24, 2.45) is 0 Å². The molecule has 0 atom stereocenters. The minimum absolute atomic E-state index is 0.0967. The van der Waals surface area contributed by atoms with Gasteiger partial charge in [0.05, 0.1) is 11.3 Å². The summed E-state index contributed by atoms with van der Waals surface area (Å²) in [5, 5.41) is 11.8. The molecule has 6 nitrogen and oxygen atoms in total. The van der Waals surface area contributed by atoms with Gasteiger partial charge in [-0.25, -0.2) is 9.59 Å². The molecule has 1 rings (SSSR count). The first-order chi connectivity index (χ1) is 9.57. The first-order valence-corrected chi connectivity index (χ1v) is 6.49. The number of carbonyl (C=O) groups excluding carboxylic acids is 1. The average Bonchev–Trinajstić information content (AvgIpc) is 2.46. The second-order valence-electron chi connectivity index (χ2n) is 4.16. The molecule has 0 fully saturated rings. The number of nitrogens with one attached hydrogen (secondary N) is 1. The molecule has 0 aliphatic rings. The van der Waals surface area contributed by atoms with Crippen LogP contribution in [0.1, 0.15) is 23.7 Å². The molecule has 20 heavy (non-hydrogen) atoms. The number of benzene rings is 1. The third-order valence-electron chi connectivity index (χ3n) is 2.75. The first kappa shape index (κ1) is 16.0. The molecule has 6 heteroatoms. The van der Waals surface area contributed by atoms with Crippen LogP contribution in [0, 0.1) is 0 Å². The van der Waals surface area contributed by atoms with E-state index in [0.29, 0.717) is 31.9 Å². The lowest BCUT2D eigenvalue weighted by molar-refractivity contribution is 0.0697. The topological polar surface area (TPSA) is 78.9 Å². The van der Waals surface area contributed by atoms with Gasteiger partial charge in [-0.05, 0) is 25.5 Å². The van der Waals surface area contributed by atoms with Crippen LogP contribution in [0.3, 0.4) is 0 Å². The third kappa shape index (κ3) is 4.55. The Balaban J connectivity index is 2.59. The molecule has 1 aromatic rings. The fourth-order valence-corrected chi connectivity index (χ4v) is 1.69. The number of urea groups is 1. The summed E-state index contributed by atoms with van der Waals surface area (Å²) in [7, 11) is 1.54. The zero-order valence-electron chi connectivity index (χ0n) is 11.8. The van der Waals surface area contributed by atoms with Crippen LogP contribution in [0.2, 0.25) is 0 Å². The molecule has 2 amide bonds. The maximum Gasteiger partial charge on any atom is 0.337 e. The van der Waals surface area contributed by atoms with E-state index in [9.17, 15) is 9.59 Å². The molecule has 110 valence electrons. The Hall–Kier alpha value is -2.08. The summed E-state index contributed by atoms with van der Waals surface area (Å²) in [5.41, 5.74) is 0.460. The lowest BCUT2D eigenvalue weighted by Crippen LogP contribution is -2.38. The lowest BCUT2D eigenvalue weighted by Gasteiger charge is -2.19. The predicted molar refractivity (Wildman–Crippen MR) is 76.3 cm³/mol. The van der Waals surface area contributed by atoms with E-state index in [1.54, 1.807) is 25.2 Å². The first-order valence-electron chi connectivity index (χ1n) is 6.49. The molecule has 0 bridgehead atoms. The van der Waals surface area contributed by atoms with Crippen molar-refractivity contribution in [1.82, 2.24) is 5.32 Å². The minimum Gasteiger partial charge on any atom is -0.478 e. The molecular formula is C14H20N2O4. The van der Waals surface area contributed by atoms with Crippen molar-refractivity contribution in [2.75, 3.05) is 31.7 Å². The third-order valence-corrected chi connectivity index (χ3v) is 2.75. The molecule has 0 heterocycles. The Morgan fingerprint density at radius 2 is 2.05 bits per heavy atom. The van der Waals surface area contributed by atoms with Gasteiger partial charge < -0.3 is 15.2 Å². The summed E-state index contributed by atoms with van der Waals surface area (Å²) in [6.07, 6.45) is 0.716. The number of anilines is 1. The van der Waals surface area contributed by atoms with Crippen LogP contribution in [-0.2, 0) is 4.74 Å². The van der Waals surface area contributed by atoms with Gasteiger partial charge in [0.2, 0.25) is 0 Å². The van der Waals surface area contributed by atoms with Gasteiger partial charge in [-0.2, -0.15) is 0 Å². The van der Waals surface area contributed by atoms with E-state index in [1.807, 2.05) is 6.92 Å². The number of hydrogen-bond acceptors (Lipinski definition) is 3. The number of carbonyl (C=O) groups is 2. The molecule has 0 aliphatic heterocycles. The largest absolute Gasteiger partial charge is 0.478 e. The van der Waals surface area contributed by atoms with Gasteiger partial charge >= 0.3 is 12.0 Å². The van der Waals surface area contributed by atoms with Crippen LogP contribution in [-0.4, -0.2) is 43.9 Å². The number of aromatic carboxylic acids is 1. The molecule has 0 aliphatic carbocycles. The van der Waals surface area contributed by atoms with Gasteiger partial charge in [0.15, 0.2) is 0 Å². The summed E-state index contributed by atoms with van der Waals surface area (Å²) in [5.74, 6) is -1.06. The van der Waals surface area contributed by atoms with Crippen LogP contribution in [0.5, 0.6) is 0 Å². The van der Waals surface area contributed by atoms with Crippen molar-refractivity contribution in [3.8, 4) is 0 Å². The van der Waals surface area contributed by atoms with E-state index in [0.717, 1.165) is 0 Å². The molecule has 0 saturated heterocycles. The fraction of sp³-hybridized carbons (Fsp3) is 0.429. The maximum atomic E-state index is 11.9. The molecule has 0 spiro atoms. The normalized spacial score (nSPS) is 10.1. The number of nitrogens with zero attached hydrogens (tertiary/aromatic N) is 1. The molecule has 0 radical (unpaired) electrons. The number of rotatable bonds is 7. The van der Waals surface area contributed by atoms with Crippen LogP contribution in [0.4, 0.5) is 10.5 Å². The van der Waals surface area contributed by atoms with E-state index in [-0.39, 0.29) is 11.6 Å². The van der Waals surface area contributed by atoms with Crippen LogP contribution in [0.25, 0.3) is 0 Å². The fourth-order valence-electron chi connectivity index (χ4n) is 1.69.